The van der Waals surface area contributed by atoms with Gasteiger partial charge in [0.05, 0.1) is 12.0 Å². The molecule has 0 amide bonds. The topological polar surface area (TPSA) is 47.6 Å². The van der Waals surface area contributed by atoms with Crippen LogP contribution in [0.4, 0.5) is 0 Å². The molecule has 0 aromatic rings. The summed E-state index contributed by atoms with van der Waals surface area (Å²) in [5.41, 5.74) is 0.842. The predicted molar refractivity (Wildman–Crippen MR) is 64.7 cm³/mol. The smallest absolute Gasteiger partial charge is 0.316 e. The fourth-order valence-electron chi connectivity index (χ4n) is 2.70. The second kappa shape index (κ2) is 5.65. The van der Waals surface area contributed by atoms with E-state index in [0.29, 0.717) is 19.8 Å². The zero-order valence-electron chi connectivity index (χ0n) is 10.5. The van der Waals surface area contributed by atoms with Gasteiger partial charge in [-0.25, -0.2) is 0 Å². The van der Waals surface area contributed by atoms with Gasteiger partial charge >= 0.3 is 5.97 Å². The highest BCUT2D eigenvalue weighted by molar-refractivity contribution is 5.81. The molecule has 0 aliphatic carbocycles. The minimum atomic E-state index is -0.406. The van der Waals surface area contributed by atoms with Crippen LogP contribution in [0.5, 0.6) is 0 Å². The van der Waals surface area contributed by atoms with Crippen molar-refractivity contribution < 1.29 is 14.3 Å². The molecule has 2 rings (SSSR count). The Kier molecular flexibility index (Phi) is 4.18. The van der Waals surface area contributed by atoms with E-state index in [-0.39, 0.29) is 5.97 Å². The van der Waals surface area contributed by atoms with Gasteiger partial charge in [0.25, 0.3) is 0 Å². The quantitative estimate of drug-likeness (QED) is 0.595. The molecule has 4 nitrogen and oxygen atoms in total. The number of ether oxygens (including phenoxy) is 2. The lowest BCUT2D eigenvalue weighted by atomic mass is 9.71. The molecule has 2 aliphatic heterocycles. The van der Waals surface area contributed by atoms with Crippen LogP contribution in [-0.4, -0.2) is 38.9 Å². The molecule has 4 heteroatoms. The average Bonchev–Trinajstić information content (AvgIpc) is 2.41. The molecule has 0 bridgehead atoms. The van der Waals surface area contributed by atoms with Gasteiger partial charge in [-0.15, -0.1) is 0 Å². The van der Waals surface area contributed by atoms with Gasteiger partial charge in [-0.1, -0.05) is 11.6 Å². The van der Waals surface area contributed by atoms with E-state index >= 15 is 0 Å². The summed E-state index contributed by atoms with van der Waals surface area (Å²) in [6, 6.07) is 0. The Balaban J connectivity index is 2.22. The van der Waals surface area contributed by atoms with Crippen LogP contribution >= 0.6 is 0 Å². The zero-order chi connectivity index (χ0) is 12.1. The number of esters is 1. The van der Waals surface area contributed by atoms with Gasteiger partial charge in [-0.3, -0.25) is 4.79 Å². The lowest BCUT2D eigenvalue weighted by Gasteiger charge is -2.38. The normalized spacial score (nSPS) is 23.9. The number of rotatable bonds is 3. The molecule has 17 heavy (non-hydrogen) atoms. The van der Waals surface area contributed by atoms with Crippen molar-refractivity contribution in [2.24, 2.45) is 5.41 Å². The van der Waals surface area contributed by atoms with Gasteiger partial charge in [0.2, 0.25) is 0 Å². The number of carbonyl (C=O) groups excluding carboxylic acids is 1. The Morgan fingerprint density at radius 2 is 2.29 bits per heavy atom. The molecule has 0 spiro atoms. The third kappa shape index (κ3) is 2.53. The monoisotopic (exact) mass is 239 g/mol. The molecular formula is C13H21NO3. The van der Waals surface area contributed by atoms with Crippen LogP contribution in [0.15, 0.2) is 11.6 Å². The third-order valence-corrected chi connectivity index (χ3v) is 3.69. The van der Waals surface area contributed by atoms with Gasteiger partial charge < -0.3 is 14.8 Å². The SMILES string of the molecule is CCOC(=O)C1(C2=CCNCC2)CCOCC1. The minimum absolute atomic E-state index is 0.0588. The summed E-state index contributed by atoms with van der Waals surface area (Å²) in [5.74, 6) is -0.0588. The Bertz CT molecular complexity index is 306. The summed E-state index contributed by atoms with van der Waals surface area (Å²) in [7, 11) is 0. The minimum Gasteiger partial charge on any atom is -0.465 e. The lowest BCUT2D eigenvalue weighted by molar-refractivity contribution is -0.158. The van der Waals surface area contributed by atoms with E-state index < -0.39 is 5.41 Å². The molecular weight excluding hydrogens is 218 g/mol. The molecule has 1 fully saturated rings. The molecule has 1 N–H and O–H groups in total. The second-order valence-corrected chi connectivity index (χ2v) is 4.60. The summed E-state index contributed by atoms with van der Waals surface area (Å²) >= 11 is 0. The molecule has 2 heterocycles. The van der Waals surface area contributed by atoms with E-state index in [0.717, 1.165) is 32.4 Å². The lowest BCUT2D eigenvalue weighted by Crippen LogP contribution is -2.42. The summed E-state index contributed by atoms with van der Waals surface area (Å²) in [6.45, 7) is 5.44. The zero-order valence-corrected chi connectivity index (χ0v) is 10.5. The third-order valence-electron chi connectivity index (χ3n) is 3.69. The van der Waals surface area contributed by atoms with Crippen LogP contribution in [0.2, 0.25) is 0 Å². The van der Waals surface area contributed by atoms with Crippen LogP contribution in [0.3, 0.4) is 0 Å². The Morgan fingerprint density at radius 1 is 1.53 bits per heavy atom. The van der Waals surface area contributed by atoms with Crippen LogP contribution in [0.25, 0.3) is 0 Å². The number of hydrogen-bond donors (Lipinski definition) is 1. The van der Waals surface area contributed by atoms with Crippen molar-refractivity contribution in [3.63, 3.8) is 0 Å². The second-order valence-electron chi connectivity index (χ2n) is 4.60. The average molecular weight is 239 g/mol. The number of nitrogens with one attached hydrogen (secondary N) is 1. The first-order valence-electron chi connectivity index (χ1n) is 6.45. The molecule has 0 atom stereocenters. The van der Waals surface area contributed by atoms with Gasteiger partial charge in [0, 0.05) is 19.8 Å². The van der Waals surface area contributed by atoms with E-state index in [4.69, 9.17) is 9.47 Å². The molecule has 0 unspecified atom stereocenters. The molecule has 0 radical (unpaired) electrons. The van der Waals surface area contributed by atoms with E-state index in [2.05, 4.69) is 11.4 Å². The molecule has 0 aromatic carbocycles. The summed E-state index contributed by atoms with van der Waals surface area (Å²) in [6.07, 6.45) is 4.62. The maximum Gasteiger partial charge on any atom is 0.316 e. The first-order chi connectivity index (χ1) is 8.29. The van der Waals surface area contributed by atoms with E-state index in [1.165, 1.54) is 5.57 Å². The molecule has 96 valence electrons. The van der Waals surface area contributed by atoms with Gasteiger partial charge in [-0.05, 0) is 32.7 Å². The summed E-state index contributed by atoms with van der Waals surface area (Å²) in [5, 5.41) is 3.28. The van der Waals surface area contributed by atoms with Gasteiger partial charge in [0.15, 0.2) is 0 Å². The Labute approximate surface area is 102 Å². The molecule has 1 saturated heterocycles. The molecule has 2 aliphatic rings. The number of hydrogen-bond acceptors (Lipinski definition) is 4. The van der Waals surface area contributed by atoms with Crippen molar-refractivity contribution in [2.75, 3.05) is 32.9 Å². The van der Waals surface area contributed by atoms with E-state index in [1.807, 2.05) is 6.92 Å². The maximum absolute atomic E-state index is 12.3. The Morgan fingerprint density at radius 3 is 2.88 bits per heavy atom. The van der Waals surface area contributed by atoms with Crippen molar-refractivity contribution in [3.05, 3.63) is 11.6 Å². The van der Waals surface area contributed by atoms with Crippen LogP contribution in [0, 0.1) is 5.41 Å². The Hall–Kier alpha value is -0.870. The molecule has 0 aromatic heterocycles. The predicted octanol–water partition coefficient (Wildman–Crippen LogP) is 1.27. The van der Waals surface area contributed by atoms with Gasteiger partial charge in [0.1, 0.15) is 0 Å². The fraction of sp³-hybridized carbons (Fsp3) is 0.769. The van der Waals surface area contributed by atoms with Crippen molar-refractivity contribution >= 4 is 5.97 Å². The first-order valence-corrected chi connectivity index (χ1v) is 6.45. The van der Waals surface area contributed by atoms with Crippen molar-refractivity contribution in [1.29, 1.82) is 0 Å². The molecule has 0 saturated carbocycles. The van der Waals surface area contributed by atoms with E-state index in [1.54, 1.807) is 0 Å². The van der Waals surface area contributed by atoms with Crippen molar-refractivity contribution in [3.8, 4) is 0 Å². The number of carbonyl (C=O) groups is 1. The van der Waals surface area contributed by atoms with Crippen LogP contribution < -0.4 is 5.32 Å². The summed E-state index contributed by atoms with van der Waals surface area (Å²) in [4.78, 5) is 12.3. The largest absolute Gasteiger partial charge is 0.465 e. The standard InChI is InChI=1S/C13H21NO3/c1-2-17-12(15)13(5-9-16-10-6-13)11-3-7-14-8-4-11/h3,14H,2,4-10H2,1H3. The van der Waals surface area contributed by atoms with Crippen LogP contribution in [0.1, 0.15) is 26.2 Å². The summed E-state index contributed by atoms with van der Waals surface area (Å²) < 4.78 is 10.7. The van der Waals surface area contributed by atoms with Crippen molar-refractivity contribution in [2.45, 2.75) is 26.2 Å². The fourth-order valence-corrected chi connectivity index (χ4v) is 2.70. The van der Waals surface area contributed by atoms with E-state index in [9.17, 15) is 4.79 Å². The van der Waals surface area contributed by atoms with Gasteiger partial charge in [-0.2, -0.15) is 0 Å². The van der Waals surface area contributed by atoms with Crippen LogP contribution in [-0.2, 0) is 14.3 Å². The first kappa shape index (κ1) is 12.6. The maximum atomic E-state index is 12.3. The highest BCUT2D eigenvalue weighted by atomic mass is 16.5. The highest BCUT2D eigenvalue weighted by Gasteiger charge is 2.44. The highest BCUT2D eigenvalue weighted by Crippen LogP contribution is 2.41. The van der Waals surface area contributed by atoms with Crippen molar-refractivity contribution in [1.82, 2.24) is 5.32 Å².